The summed E-state index contributed by atoms with van der Waals surface area (Å²) < 4.78 is 0. The first kappa shape index (κ1) is 8.81. The molecule has 0 aromatic rings. The fourth-order valence-electron chi connectivity index (χ4n) is 2.12. The lowest BCUT2D eigenvalue weighted by Crippen LogP contribution is -2.22. The first-order valence-electron chi connectivity index (χ1n) is 3.68. The summed E-state index contributed by atoms with van der Waals surface area (Å²) in [6.07, 6.45) is 1.75. The maximum atomic E-state index is 10.5. The molecule has 0 aliphatic heterocycles. The van der Waals surface area contributed by atoms with E-state index in [1.807, 2.05) is 0 Å². The van der Waals surface area contributed by atoms with Crippen molar-refractivity contribution in [3.05, 3.63) is 0 Å². The van der Waals surface area contributed by atoms with E-state index in [0.717, 1.165) is 6.42 Å². The van der Waals surface area contributed by atoms with E-state index >= 15 is 0 Å². The standard InChI is InChI=1S/C7H11NO2.ClH/c8-6-2-5(7(9)10)3-1-4(3)6;/h3-6H,1-2,8H2,(H,9,10);1H/t3-,4-,5+,6+;/m1./s1. The predicted molar refractivity (Wildman–Crippen MR) is 42.6 cm³/mol. The van der Waals surface area contributed by atoms with E-state index in [0.29, 0.717) is 18.3 Å². The zero-order valence-corrected chi connectivity index (χ0v) is 6.88. The average Bonchev–Trinajstić information content (AvgIpc) is 2.55. The van der Waals surface area contributed by atoms with Crippen LogP contribution in [0.5, 0.6) is 0 Å². The smallest absolute Gasteiger partial charge is 0.306 e. The van der Waals surface area contributed by atoms with Gasteiger partial charge in [-0.05, 0) is 24.7 Å². The van der Waals surface area contributed by atoms with Crippen molar-refractivity contribution in [1.82, 2.24) is 0 Å². The Morgan fingerprint density at radius 2 is 2.00 bits per heavy atom. The van der Waals surface area contributed by atoms with Crippen LogP contribution in [0.3, 0.4) is 0 Å². The number of hydrogen-bond donors (Lipinski definition) is 2. The first-order valence-corrected chi connectivity index (χ1v) is 3.68. The molecule has 0 heterocycles. The van der Waals surface area contributed by atoms with Crippen molar-refractivity contribution < 1.29 is 9.90 Å². The Morgan fingerprint density at radius 3 is 2.18 bits per heavy atom. The number of hydrogen-bond acceptors (Lipinski definition) is 2. The minimum Gasteiger partial charge on any atom is -0.481 e. The molecule has 2 aliphatic rings. The van der Waals surface area contributed by atoms with Gasteiger partial charge in [-0.25, -0.2) is 0 Å². The molecule has 0 saturated heterocycles. The van der Waals surface area contributed by atoms with Gasteiger partial charge in [0.25, 0.3) is 0 Å². The monoisotopic (exact) mass is 177 g/mol. The lowest BCUT2D eigenvalue weighted by molar-refractivity contribution is -0.142. The Balaban J connectivity index is 0.000000605. The highest BCUT2D eigenvalue weighted by Crippen LogP contribution is 2.54. The van der Waals surface area contributed by atoms with Gasteiger partial charge in [-0.2, -0.15) is 0 Å². The highest BCUT2D eigenvalue weighted by atomic mass is 35.5. The number of halogens is 1. The summed E-state index contributed by atoms with van der Waals surface area (Å²) in [4.78, 5) is 10.5. The molecule has 0 amide bonds. The number of rotatable bonds is 1. The number of carboxylic acids is 1. The number of carbonyl (C=O) groups is 1. The summed E-state index contributed by atoms with van der Waals surface area (Å²) >= 11 is 0. The molecule has 64 valence electrons. The minimum absolute atomic E-state index is 0. The molecule has 0 aromatic heterocycles. The van der Waals surface area contributed by atoms with E-state index in [4.69, 9.17) is 10.8 Å². The van der Waals surface area contributed by atoms with Crippen LogP contribution in [0.4, 0.5) is 0 Å². The van der Waals surface area contributed by atoms with Crippen LogP contribution in [0.2, 0.25) is 0 Å². The summed E-state index contributed by atoms with van der Waals surface area (Å²) in [5.41, 5.74) is 5.68. The molecule has 2 saturated carbocycles. The van der Waals surface area contributed by atoms with Crippen molar-refractivity contribution in [2.24, 2.45) is 23.5 Å². The summed E-state index contributed by atoms with van der Waals surface area (Å²) in [7, 11) is 0. The summed E-state index contributed by atoms with van der Waals surface area (Å²) in [5.74, 6) is 0.189. The van der Waals surface area contributed by atoms with Gasteiger partial charge in [-0.1, -0.05) is 0 Å². The first-order chi connectivity index (χ1) is 4.70. The maximum Gasteiger partial charge on any atom is 0.306 e. The van der Waals surface area contributed by atoms with Gasteiger partial charge in [0, 0.05) is 6.04 Å². The Kier molecular flexibility index (Phi) is 2.12. The lowest BCUT2D eigenvalue weighted by atomic mass is 10.0. The van der Waals surface area contributed by atoms with Crippen molar-refractivity contribution in [1.29, 1.82) is 0 Å². The van der Waals surface area contributed by atoms with Gasteiger partial charge in [0.05, 0.1) is 5.92 Å². The van der Waals surface area contributed by atoms with Gasteiger partial charge in [0.1, 0.15) is 0 Å². The number of aliphatic carboxylic acids is 1. The zero-order chi connectivity index (χ0) is 7.30. The van der Waals surface area contributed by atoms with Gasteiger partial charge in [-0.3, -0.25) is 4.79 Å². The molecule has 0 bridgehead atoms. The highest BCUT2D eigenvalue weighted by molar-refractivity contribution is 5.85. The Labute approximate surface area is 71.4 Å². The SMILES string of the molecule is Cl.N[C@H]1C[C@H](C(=O)O)[C@@H]2C[C@H]21. The van der Waals surface area contributed by atoms with Gasteiger partial charge in [-0.15, -0.1) is 12.4 Å². The van der Waals surface area contributed by atoms with Crippen LogP contribution in [-0.4, -0.2) is 17.1 Å². The molecule has 4 atom stereocenters. The molecule has 3 nitrogen and oxygen atoms in total. The van der Waals surface area contributed by atoms with Gasteiger partial charge in [0.2, 0.25) is 0 Å². The van der Waals surface area contributed by atoms with Crippen LogP contribution in [0.1, 0.15) is 12.8 Å². The van der Waals surface area contributed by atoms with Crippen LogP contribution in [-0.2, 0) is 4.79 Å². The van der Waals surface area contributed by atoms with Crippen molar-refractivity contribution in [3.63, 3.8) is 0 Å². The molecule has 0 spiro atoms. The van der Waals surface area contributed by atoms with E-state index in [1.165, 1.54) is 0 Å². The van der Waals surface area contributed by atoms with Crippen molar-refractivity contribution >= 4 is 18.4 Å². The van der Waals surface area contributed by atoms with Crippen molar-refractivity contribution in [2.75, 3.05) is 0 Å². The number of fused-ring (bicyclic) bond motifs is 1. The third-order valence-electron chi connectivity index (χ3n) is 2.80. The predicted octanol–water partition coefficient (Wildman–Crippen LogP) is 0.476. The number of nitrogens with two attached hydrogens (primary N) is 1. The second-order valence-electron chi connectivity index (χ2n) is 3.41. The summed E-state index contributed by atoms with van der Waals surface area (Å²) in [5, 5.41) is 8.67. The van der Waals surface area contributed by atoms with E-state index in [2.05, 4.69) is 0 Å². The molecule has 0 radical (unpaired) electrons. The molecule has 2 fully saturated rings. The zero-order valence-electron chi connectivity index (χ0n) is 6.06. The van der Waals surface area contributed by atoms with Crippen molar-refractivity contribution in [2.45, 2.75) is 18.9 Å². The van der Waals surface area contributed by atoms with Crippen LogP contribution in [0, 0.1) is 17.8 Å². The summed E-state index contributed by atoms with van der Waals surface area (Å²) in [6, 6.07) is 0.172. The lowest BCUT2D eigenvalue weighted by Gasteiger charge is -2.06. The van der Waals surface area contributed by atoms with E-state index < -0.39 is 5.97 Å². The number of carboxylic acid groups (broad SMARTS) is 1. The normalized spacial score (nSPS) is 45.9. The Morgan fingerprint density at radius 1 is 1.36 bits per heavy atom. The fourth-order valence-corrected chi connectivity index (χ4v) is 2.12. The Bertz CT molecular complexity index is 185. The molecule has 2 aliphatic carbocycles. The van der Waals surface area contributed by atoms with Crippen LogP contribution < -0.4 is 5.73 Å². The second kappa shape index (κ2) is 2.64. The highest BCUT2D eigenvalue weighted by Gasteiger charge is 2.55. The van der Waals surface area contributed by atoms with Crippen LogP contribution in [0.25, 0.3) is 0 Å². The Hall–Kier alpha value is -0.280. The van der Waals surface area contributed by atoms with Gasteiger partial charge in [0.15, 0.2) is 0 Å². The molecule has 11 heavy (non-hydrogen) atoms. The second-order valence-corrected chi connectivity index (χ2v) is 3.41. The topological polar surface area (TPSA) is 63.3 Å². The third-order valence-corrected chi connectivity index (χ3v) is 2.80. The van der Waals surface area contributed by atoms with E-state index in [-0.39, 0.29) is 24.4 Å². The average molecular weight is 178 g/mol. The maximum absolute atomic E-state index is 10.5. The van der Waals surface area contributed by atoms with Crippen LogP contribution >= 0.6 is 12.4 Å². The molecule has 4 heteroatoms. The molecule has 0 unspecified atom stereocenters. The minimum atomic E-state index is -0.652. The summed E-state index contributed by atoms with van der Waals surface area (Å²) in [6.45, 7) is 0. The quantitative estimate of drug-likeness (QED) is 0.612. The molecule has 0 aromatic carbocycles. The molecular formula is C7H12ClNO2. The molecular weight excluding hydrogens is 166 g/mol. The van der Waals surface area contributed by atoms with E-state index in [9.17, 15) is 4.79 Å². The fraction of sp³-hybridized carbons (Fsp3) is 0.857. The van der Waals surface area contributed by atoms with Crippen LogP contribution in [0.15, 0.2) is 0 Å². The molecule has 2 rings (SSSR count). The molecule has 3 N–H and O–H groups in total. The third kappa shape index (κ3) is 1.23. The largest absolute Gasteiger partial charge is 0.481 e. The van der Waals surface area contributed by atoms with Gasteiger partial charge < -0.3 is 10.8 Å². The van der Waals surface area contributed by atoms with E-state index in [1.54, 1.807) is 0 Å². The van der Waals surface area contributed by atoms with Crippen molar-refractivity contribution in [3.8, 4) is 0 Å². The van der Waals surface area contributed by atoms with Gasteiger partial charge >= 0.3 is 5.97 Å².